The second kappa shape index (κ2) is 2.60. The number of carbonyl (C=O) groups is 1. The molecular weight excluding hydrogens is 134 g/mol. The molecule has 1 fully saturated rings. The number of nitrogens with zero attached hydrogens (tertiary/aromatic N) is 1. The SMILES string of the molecule is CCC(=O)N1CC(S)C1. The lowest BCUT2D eigenvalue weighted by Crippen LogP contribution is -2.50. The molecule has 2 nitrogen and oxygen atoms in total. The summed E-state index contributed by atoms with van der Waals surface area (Å²) < 4.78 is 0. The van der Waals surface area contributed by atoms with E-state index in [-0.39, 0.29) is 5.91 Å². The molecule has 0 radical (unpaired) electrons. The van der Waals surface area contributed by atoms with Crippen LogP contribution in [-0.4, -0.2) is 29.1 Å². The minimum atomic E-state index is 0.250. The van der Waals surface area contributed by atoms with Gasteiger partial charge in [-0.05, 0) is 0 Å². The third kappa shape index (κ3) is 1.39. The van der Waals surface area contributed by atoms with Crippen LogP contribution in [0.4, 0.5) is 0 Å². The lowest BCUT2D eigenvalue weighted by molar-refractivity contribution is -0.133. The van der Waals surface area contributed by atoms with Crippen LogP contribution in [0.5, 0.6) is 0 Å². The largest absolute Gasteiger partial charge is 0.340 e. The average Bonchev–Trinajstić information content (AvgIpc) is 1.79. The summed E-state index contributed by atoms with van der Waals surface area (Å²) in [4.78, 5) is 12.7. The van der Waals surface area contributed by atoms with Gasteiger partial charge in [0.25, 0.3) is 0 Å². The molecule has 0 bridgehead atoms. The van der Waals surface area contributed by atoms with Crippen LogP contribution in [0, 0.1) is 0 Å². The third-order valence-corrected chi connectivity index (χ3v) is 1.84. The molecule has 0 atom stereocenters. The van der Waals surface area contributed by atoms with E-state index in [1.807, 2.05) is 11.8 Å². The van der Waals surface area contributed by atoms with Gasteiger partial charge >= 0.3 is 0 Å². The molecule has 3 heteroatoms. The van der Waals surface area contributed by atoms with E-state index in [9.17, 15) is 4.79 Å². The second-order valence-corrected chi connectivity index (χ2v) is 3.04. The summed E-state index contributed by atoms with van der Waals surface area (Å²) in [6, 6.07) is 0. The molecule has 0 spiro atoms. The van der Waals surface area contributed by atoms with Gasteiger partial charge in [-0.25, -0.2) is 0 Å². The Hall–Kier alpha value is -0.180. The van der Waals surface area contributed by atoms with Crippen molar-refractivity contribution in [1.29, 1.82) is 0 Å². The van der Waals surface area contributed by atoms with E-state index in [1.165, 1.54) is 0 Å². The zero-order chi connectivity index (χ0) is 6.85. The first-order valence-corrected chi connectivity index (χ1v) is 3.71. The molecule has 52 valence electrons. The van der Waals surface area contributed by atoms with Gasteiger partial charge in [-0.3, -0.25) is 4.79 Å². The summed E-state index contributed by atoms with van der Waals surface area (Å²) in [5.74, 6) is 0.250. The number of rotatable bonds is 1. The Morgan fingerprint density at radius 3 is 2.67 bits per heavy atom. The van der Waals surface area contributed by atoms with E-state index in [2.05, 4.69) is 12.6 Å². The summed E-state index contributed by atoms with van der Waals surface area (Å²) in [6.07, 6.45) is 0.625. The Morgan fingerprint density at radius 2 is 2.33 bits per heavy atom. The molecule has 1 aliphatic rings. The highest BCUT2D eigenvalue weighted by atomic mass is 32.1. The Kier molecular flexibility index (Phi) is 2.01. The summed E-state index contributed by atoms with van der Waals surface area (Å²) >= 11 is 4.18. The minimum absolute atomic E-state index is 0.250. The summed E-state index contributed by atoms with van der Waals surface area (Å²) in [5, 5.41) is 0.431. The lowest BCUT2D eigenvalue weighted by atomic mass is 10.2. The van der Waals surface area contributed by atoms with Crippen LogP contribution in [0.25, 0.3) is 0 Å². The highest BCUT2D eigenvalue weighted by Crippen LogP contribution is 2.13. The van der Waals surface area contributed by atoms with Gasteiger partial charge in [0.2, 0.25) is 5.91 Å². The van der Waals surface area contributed by atoms with E-state index in [0.29, 0.717) is 11.7 Å². The highest BCUT2D eigenvalue weighted by Gasteiger charge is 2.26. The van der Waals surface area contributed by atoms with Gasteiger partial charge in [0, 0.05) is 24.8 Å². The van der Waals surface area contributed by atoms with Crippen LogP contribution in [0.15, 0.2) is 0 Å². The summed E-state index contributed by atoms with van der Waals surface area (Å²) in [6.45, 7) is 3.57. The molecule has 1 aliphatic heterocycles. The number of likely N-dealkylation sites (tertiary alicyclic amines) is 1. The predicted octanol–water partition coefficient (Wildman–Crippen LogP) is 0.537. The van der Waals surface area contributed by atoms with Gasteiger partial charge in [0.15, 0.2) is 0 Å². The van der Waals surface area contributed by atoms with Gasteiger partial charge in [-0.2, -0.15) is 12.6 Å². The molecule has 0 aliphatic carbocycles. The number of hydrogen-bond donors (Lipinski definition) is 1. The maximum Gasteiger partial charge on any atom is 0.222 e. The van der Waals surface area contributed by atoms with Gasteiger partial charge < -0.3 is 4.90 Å². The standard InChI is InChI=1S/C6H11NOS/c1-2-6(8)7-3-5(9)4-7/h5,9H,2-4H2,1H3. The van der Waals surface area contributed by atoms with Crippen molar-refractivity contribution < 1.29 is 4.79 Å². The van der Waals surface area contributed by atoms with Crippen LogP contribution in [0.3, 0.4) is 0 Å². The number of thiol groups is 1. The first-order valence-electron chi connectivity index (χ1n) is 3.20. The molecule has 1 heterocycles. The fourth-order valence-corrected chi connectivity index (χ4v) is 1.28. The van der Waals surface area contributed by atoms with Crippen molar-refractivity contribution in [2.24, 2.45) is 0 Å². The summed E-state index contributed by atoms with van der Waals surface area (Å²) in [5.41, 5.74) is 0. The topological polar surface area (TPSA) is 20.3 Å². The molecule has 0 unspecified atom stereocenters. The maximum atomic E-state index is 10.8. The van der Waals surface area contributed by atoms with E-state index >= 15 is 0 Å². The molecule has 9 heavy (non-hydrogen) atoms. The van der Waals surface area contributed by atoms with E-state index in [4.69, 9.17) is 0 Å². The monoisotopic (exact) mass is 145 g/mol. The lowest BCUT2D eigenvalue weighted by Gasteiger charge is -2.36. The normalized spacial score (nSPS) is 19.6. The number of carbonyl (C=O) groups excluding carboxylic acids is 1. The molecule has 0 aromatic carbocycles. The van der Waals surface area contributed by atoms with Crippen molar-refractivity contribution in [2.75, 3.05) is 13.1 Å². The summed E-state index contributed by atoms with van der Waals surface area (Å²) in [7, 11) is 0. The first-order chi connectivity index (χ1) is 4.24. The maximum absolute atomic E-state index is 10.8. The van der Waals surface area contributed by atoms with Crippen LogP contribution in [0.1, 0.15) is 13.3 Å². The predicted molar refractivity (Wildman–Crippen MR) is 39.6 cm³/mol. The minimum Gasteiger partial charge on any atom is -0.340 e. The fourth-order valence-electron chi connectivity index (χ4n) is 0.883. The van der Waals surface area contributed by atoms with Crippen molar-refractivity contribution >= 4 is 18.5 Å². The Bertz CT molecular complexity index is 120. The van der Waals surface area contributed by atoms with Crippen LogP contribution in [0.2, 0.25) is 0 Å². The Labute approximate surface area is 60.6 Å². The average molecular weight is 145 g/mol. The van der Waals surface area contributed by atoms with Crippen molar-refractivity contribution in [3.05, 3.63) is 0 Å². The van der Waals surface area contributed by atoms with E-state index < -0.39 is 0 Å². The van der Waals surface area contributed by atoms with E-state index in [0.717, 1.165) is 13.1 Å². The zero-order valence-electron chi connectivity index (χ0n) is 5.50. The van der Waals surface area contributed by atoms with Crippen LogP contribution in [-0.2, 0) is 4.79 Å². The molecule has 1 saturated heterocycles. The Balaban J connectivity index is 2.23. The molecule has 0 N–H and O–H groups in total. The fraction of sp³-hybridized carbons (Fsp3) is 0.833. The van der Waals surface area contributed by atoms with Gasteiger partial charge in [-0.15, -0.1) is 0 Å². The first kappa shape index (κ1) is 6.93. The molecule has 1 amide bonds. The van der Waals surface area contributed by atoms with Crippen LogP contribution >= 0.6 is 12.6 Å². The van der Waals surface area contributed by atoms with Crippen molar-refractivity contribution in [3.63, 3.8) is 0 Å². The zero-order valence-corrected chi connectivity index (χ0v) is 6.40. The van der Waals surface area contributed by atoms with Crippen molar-refractivity contribution in [1.82, 2.24) is 4.90 Å². The molecular formula is C6H11NOS. The molecule has 0 aromatic heterocycles. The number of hydrogen-bond acceptors (Lipinski definition) is 2. The number of amides is 1. The van der Waals surface area contributed by atoms with Crippen LogP contribution < -0.4 is 0 Å². The molecule has 0 aromatic rings. The molecule has 1 rings (SSSR count). The highest BCUT2D eigenvalue weighted by molar-refractivity contribution is 7.81. The van der Waals surface area contributed by atoms with Crippen molar-refractivity contribution in [2.45, 2.75) is 18.6 Å². The third-order valence-electron chi connectivity index (χ3n) is 1.52. The van der Waals surface area contributed by atoms with E-state index in [1.54, 1.807) is 0 Å². The second-order valence-electron chi connectivity index (χ2n) is 2.31. The quantitative estimate of drug-likeness (QED) is 0.534. The molecule has 0 saturated carbocycles. The van der Waals surface area contributed by atoms with Gasteiger partial charge in [0.05, 0.1) is 0 Å². The van der Waals surface area contributed by atoms with Crippen molar-refractivity contribution in [3.8, 4) is 0 Å². The van der Waals surface area contributed by atoms with Gasteiger partial charge in [-0.1, -0.05) is 6.92 Å². The van der Waals surface area contributed by atoms with Gasteiger partial charge in [0.1, 0.15) is 0 Å². The smallest absolute Gasteiger partial charge is 0.222 e. The Morgan fingerprint density at radius 1 is 1.78 bits per heavy atom.